The van der Waals surface area contributed by atoms with Gasteiger partial charge in [0, 0.05) is 12.4 Å². The fourth-order valence-corrected chi connectivity index (χ4v) is 2.85. The van der Waals surface area contributed by atoms with E-state index < -0.39 is 0 Å². The molecule has 2 heterocycles. The molecule has 0 saturated carbocycles. The molecule has 3 aromatic rings. The molecule has 16 heavy (non-hydrogen) atoms. The fraction of sp³-hybridized carbons (Fsp3) is 0.0909. The minimum Gasteiger partial charge on any atom is -0.369 e. The smallest absolute Gasteiger partial charge is 0.221 e. The number of hydrogen-bond acceptors (Lipinski definition) is 3. The molecule has 1 amide bonds. The number of nitrogens with two attached hydrogens (primary N) is 1. The number of thiazole rings is 1. The number of fused-ring (bicyclic) bond motifs is 3. The van der Waals surface area contributed by atoms with Crippen LogP contribution >= 0.6 is 11.3 Å². The predicted octanol–water partition coefficient (Wildman–Crippen LogP) is 1.58. The van der Waals surface area contributed by atoms with Crippen molar-refractivity contribution in [3.05, 3.63) is 36.2 Å². The van der Waals surface area contributed by atoms with Gasteiger partial charge in [-0.15, -0.1) is 0 Å². The quantitative estimate of drug-likeness (QED) is 0.727. The third-order valence-electron chi connectivity index (χ3n) is 2.47. The van der Waals surface area contributed by atoms with Crippen LogP contribution in [0, 0.1) is 0 Å². The van der Waals surface area contributed by atoms with Crippen molar-refractivity contribution in [3.63, 3.8) is 0 Å². The number of hydrogen-bond donors (Lipinski definition) is 1. The van der Waals surface area contributed by atoms with Crippen molar-refractivity contribution in [2.45, 2.75) is 6.42 Å². The number of carbonyl (C=O) groups is 1. The number of imidazole rings is 1. The van der Waals surface area contributed by atoms with Gasteiger partial charge in [0.15, 0.2) is 4.96 Å². The maximum absolute atomic E-state index is 10.8. The highest BCUT2D eigenvalue weighted by atomic mass is 32.1. The van der Waals surface area contributed by atoms with E-state index in [1.165, 1.54) is 0 Å². The van der Waals surface area contributed by atoms with E-state index in [0.29, 0.717) is 0 Å². The largest absolute Gasteiger partial charge is 0.369 e. The van der Waals surface area contributed by atoms with E-state index in [1.54, 1.807) is 17.5 Å². The Hall–Kier alpha value is -1.88. The normalized spacial score (nSPS) is 11.2. The molecule has 0 fully saturated rings. The van der Waals surface area contributed by atoms with E-state index in [4.69, 9.17) is 5.73 Å². The molecule has 0 saturated heterocycles. The van der Waals surface area contributed by atoms with Crippen molar-refractivity contribution in [1.82, 2.24) is 9.38 Å². The summed E-state index contributed by atoms with van der Waals surface area (Å²) >= 11 is 1.61. The second-order valence-corrected chi connectivity index (χ2v) is 4.64. The summed E-state index contributed by atoms with van der Waals surface area (Å²) in [7, 11) is 0. The molecule has 2 N–H and O–H groups in total. The highest BCUT2D eigenvalue weighted by molar-refractivity contribution is 7.23. The standard InChI is InChI=1S/C11H9N3OS/c12-10(15)6-7-1-2-8-9(5-7)16-11-13-3-4-14(8)11/h1-5H,6H2,(H2,12,15). The molecule has 0 spiro atoms. The van der Waals surface area contributed by atoms with Crippen LogP contribution < -0.4 is 5.73 Å². The molecule has 3 rings (SSSR count). The molecule has 0 aliphatic heterocycles. The van der Waals surface area contributed by atoms with E-state index in [1.807, 2.05) is 28.8 Å². The Kier molecular flexibility index (Phi) is 1.94. The van der Waals surface area contributed by atoms with Crippen LogP contribution in [0.2, 0.25) is 0 Å². The molecule has 80 valence electrons. The van der Waals surface area contributed by atoms with Gasteiger partial charge in [0.05, 0.1) is 16.6 Å². The Morgan fingerprint density at radius 3 is 3.19 bits per heavy atom. The first-order chi connectivity index (χ1) is 7.74. The Labute approximate surface area is 95.3 Å². The maximum Gasteiger partial charge on any atom is 0.221 e. The maximum atomic E-state index is 10.8. The number of primary amides is 1. The van der Waals surface area contributed by atoms with E-state index in [0.717, 1.165) is 20.7 Å². The minimum absolute atomic E-state index is 0.288. The molecule has 0 bridgehead atoms. The summed E-state index contributed by atoms with van der Waals surface area (Å²) in [5.41, 5.74) is 7.24. The number of amides is 1. The molecule has 1 aromatic carbocycles. The molecule has 0 aliphatic carbocycles. The van der Waals surface area contributed by atoms with Gasteiger partial charge in [-0.3, -0.25) is 9.20 Å². The molecule has 0 atom stereocenters. The molecule has 2 aromatic heterocycles. The van der Waals surface area contributed by atoms with Gasteiger partial charge < -0.3 is 5.73 Å². The Morgan fingerprint density at radius 1 is 1.50 bits per heavy atom. The molecule has 5 heteroatoms. The first-order valence-electron chi connectivity index (χ1n) is 4.87. The van der Waals surface area contributed by atoms with E-state index >= 15 is 0 Å². The molecule has 0 aliphatic rings. The summed E-state index contributed by atoms with van der Waals surface area (Å²) in [6.07, 6.45) is 4.00. The summed E-state index contributed by atoms with van der Waals surface area (Å²) in [4.78, 5) is 16.0. The van der Waals surface area contributed by atoms with Crippen LogP contribution in [0.25, 0.3) is 15.2 Å². The Balaban J connectivity index is 2.20. The topological polar surface area (TPSA) is 60.4 Å². The third-order valence-corrected chi connectivity index (χ3v) is 3.50. The van der Waals surface area contributed by atoms with E-state index in [-0.39, 0.29) is 12.3 Å². The Morgan fingerprint density at radius 2 is 2.38 bits per heavy atom. The summed E-state index contributed by atoms with van der Waals surface area (Å²) in [6, 6.07) is 5.93. The predicted molar refractivity (Wildman–Crippen MR) is 63.5 cm³/mol. The third kappa shape index (κ3) is 1.37. The lowest BCUT2D eigenvalue weighted by atomic mass is 10.1. The Bertz CT molecular complexity index is 683. The lowest BCUT2D eigenvalue weighted by Crippen LogP contribution is -2.13. The second kappa shape index (κ2) is 3.31. The molecule has 4 nitrogen and oxygen atoms in total. The lowest BCUT2D eigenvalue weighted by Gasteiger charge is -1.97. The number of aromatic nitrogens is 2. The van der Waals surface area contributed by atoms with Crippen molar-refractivity contribution in [2.75, 3.05) is 0 Å². The average Bonchev–Trinajstić information content (AvgIpc) is 2.75. The van der Waals surface area contributed by atoms with Gasteiger partial charge in [0.25, 0.3) is 0 Å². The number of benzene rings is 1. The molecule has 0 radical (unpaired) electrons. The average molecular weight is 231 g/mol. The van der Waals surface area contributed by atoms with E-state index in [9.17, 15) is 4.79 Å². The van der Waals surface area contributed by atoms with Gasteiger partial charge in [0.2, 0.25) is 5.91 Å². The van der Waals surface area contributed by atoms with Crippen LogP contribution in [0.4, 0.5) is 0 Å². The van der Waals surface area contributed by atoms with Gasteiger partial charge in [-0.25, -0.2) is 4.98 Å². The van der Waals surface area contributed by atoms with Crippen LogP contribution in [0.1, 0.15) is 5.56 Å². The summed E-state index contributed by atoms with van der Waals surface area (Å²) in [5.74, 6) is -0.305. The van der Waals surface area contributed by atoms with Crippen molar-refractivity contribution in [2.24, 2.45) is 5.73 Å². The molecular weight excluding hydrogens is 222 g/mol. The van der Waals surface area contributed by atoms with Crippen LogP contribution in [-0.4, -0.2) is 15.3 Å². The fourth-order valence-electron chi connectivity index (χ4n) is 1.80. The van der Waals surface area contributed by atoms with Crippen molar-refractivity contribution < 1.29 is 4.79 Å². The lowest BCUT2D eigenvalue weighted by molar-refractivity contribution is -0.117. The van der Waals surface area contributed by atoms with Gasteiger partial charge >= 0.3 is 0 Å². The minimum atomic E-state index is -0.305. The zero-order valence-corrected chi connectivity index (χ0v) is 9.20. The number of rotatable bonds is 2. The highest BCUT2D eigenvalue weighted by Gasteiger charge is 2.06. The van der Waals surface area contributed by atoms with Crippen LogP contribution in [0.3, 0.4) is 0 Å². The van der Waals surface area contributed by atoms with Gasteiger partial charge in [0.1, 0.15) is 0 Å². The van der Waals surface area contributed by atoms with Crippen LogP contribution in [0.15, 0.2) is 30.6 Å². The summed E-state index contributed by atoms with van der Waals surface area (Å²) in [6.45, 7) is 0. The van der Waals surface area contributed by atoms with E-state index in [2.05, 4.69) is 4.98 Å². The first-order valence-corrected chi connectivity index (χ1v) is 5.68. The number of nitrogens with zero attached hydrogens (tertiary/aromatic N) is 2. The highest BCUT2D eigenvalue weighted by Crippen LogP contribution is 2.26. The second-order valence-electron chi connectivity index (χ2n) is 3.63. The van der Waals surface area contributed by atoms with Crippen molar-refractivity contribution in [1.29, 1.82) is 0 Å². The van der Waals surface area contributed by atoms with Crippen molar-refractivity contribution >= 4 is 32.4 Å². The van der Waals surface area contributed by atoms with Gasteiger partial charge in [-0.2, -0.15) is 0 Å². The SMILES string of the molecule is NC(=O)Cc1ccc2c(c1)sc1nccn12. The van der Waals surface area contributed by atoms with Crippen LogP contribution in [-0.2, 0) is 11.2 Å². The monoisotopic (exact) mass is 231 g/mol. The van der Waals surface area contributed by atoms with Gasteiger partial charge in [-0.1, -0.05) is 17.4 Å². The van der Waals surface area contributed by atoms with Gasteiger partial charge in [-0.05, 0) is 17.7 Å². The summed E-state index contributed by atoms with van der Waals surface area (Å²) in [5, 5.41) is 0. The number of carbonyl (C=O) groups excluding carboxylic acids is 1. The summed E-state index contributed by atoms with van der Waals surface area (Å²) < 4.78 is 3.16. The molecular formula is C11H9N3OS. The van der Waals surface area contributed by atoms with Crippen LogP contribution in [0.5, 0.6) is 0 Å². The zero-order chi connectivity index (χ0) is 11.1. The van der Waals surface area contributed by atoms with Crippen molar-refractivity contribution in [3.8, 4) is 0 Å². The zero-order valence-electron chi connectivity index (χ0n) is 8.38. The first kappa shape index (κ1) is 9.35. The molecule has 0 unspecified atom stereocenters.